The Balaban J connectivity index is 2.35. The highest BCUT2D eigenvalue weighted by atomic mass is 79.9. The number of halogens is 1. The van der Waals surface area contributed by atoms with Crippen LogP contribution >= 0.6 is 15.9 Å². The van der Waals surface area contributed by atoms with Gasteiger partial charge in [0.25, 0.3) is 0 Å². The van der Waals surface area contributed by atoms with Gasteiger partial charge in [-0.2, -0.15) is 15.8 Å². The first-order valence-electron chi connectivity index (χ1n) is 7.79. The maximum absolute atomic E-state index is 9.89. The second-order valence-corrected chi connectivity index (χ2v) is 7.05. The average Bonchev–Trinajstić information content (AvgIpc) is 2.61. The first-order valence-corrected chi connectivity index (χ1v) is 8.59. The molecule has 0 unspecified atom stereocenters. The molecule has 1 aromatic carbocycles. The van der Waals surface area contributed by atoms with E-state index in [1.807, 2.05) is 24.3 Å². The SMILES string of the molecule is N#CC1=C(N)C(C#N)(C#N)[C@H](c2cccc(Br)c2)C2=C1CCCC2. The van der Waals surface area contributed by atoms with Crippen LogP contribution in [0, 0.1) is 39.4 Å². The summed E-state index contributed by atoms with van der Waals surface area (Å²) in [4.78, 5) is 0. The molecule has 24 heavy (non-hydrogen) atoms. The van der Waals surface area contributed by atoms with E-state index in [4.69, 9.17) is 5.73 Å². The molecular weight excluding hydrogens is 364 g/mol. The fourth-order valence-corrected chi connectivity index (χ4v) is 4.27. The molecule has 3 rings (SSSR count). The van der Waals surface area contributed by atoms with E-state index in [1.54, 1.807) is 0 Å². The second kappa shape index (κ2) is 6.16. The zero-order valence-corrected chi connectivity index (χ0v) is 14.6. The molecule has 0 fully saturated rings. The van der Waals surface area contributed by atoms with E-state index < -0.39 is 11.3 Å². The Kier molecular flexibility index (Phi) is 4.18. The molecule has 0 spiro atoms. The van der Waals surface area contributed by atoms with E-state index in [9.17, 15) is 15.8 Å². The van der Waals surface area contributed by atoms with Gasteiger partial charge < -0.3 is 5.73 Å². The lowest BCUT2D eigenvalue weighted by molar-refractivity contribution is 0.468. The fraction of sp³-hybridized carbons (Fsp3) is 0.316. The molecule has 0 radical (unpaired) electrons. The molecule has 118 valence electrons. The lowest BCUT2D eigenvalue weighted by Gasteiger charge is -2.39. The van der Waals surface area contributed by atoms with E-state index in [0.29, 0.717) is 5.57 Å². The smallest absolute Gasteiger partial charge is 0.194 e. The van der Waals surface area contributed by atoms with E-state index in [-0.39, 0.29) is 5.70 Å². The van der Waals surface area contributed by atoms with Gasteiger partial charge in [-0.3, -0.25) is 0 Å². The summed E-state index contributed by atoms with van der Waals surface area (Å²) in [5.74, 6) is -0.433. The monoisotopic (exact) mass is 378 g/mol. The molecule has 0 amide bonds. The van der Waals surface area contributed by atoms with Gasteiger partial charge in [0.15, 0.2) is 5.41 Å². The topological polar surface area (TPSA) is 97.4 Å². The number of nitriles is 3. The first-order chi connectivity index (χ1) is 11.6. The summed E-state index contributed by atoms with van der Waals surface area (Å²) < 4.78 is 0.886. The van der Waals surface area contributed by atoms with Crippen molar-refractivity contribution in [3.8, 4) is 18.2 Å². The maximum Gasteiger partial charge on any atom is 0.194 e. The van der Waals surface area contributed by atoms with Gasteiger partial charge in [0.05, 0.1) is 23.4 Å². The molecule has 2 aliphatic carbocycles. The van der Waals surface area contributed by atoms with Gasteiger partial charge >= 0.3 is 0 Å². The molecule has 0 heterocycles. The van der Waals surface area contributed by atoms with Crippen LogP contribution in [0.1, 0.15) is 37.2 Å². The molecule has 2 aliphatic rings. The molecule has 5 heteroatoms. The molecule has 0 saturated carbocycles. The predicted molar refractivity (Wildman–Crippen MR) is 92.9 cm³/mol. The summed E-state index contributed by atoms with van der Waals surface area (Å²) in [5.41, 5.74) is 7.95. The van der Waals surface area contributed by atoms with Gasteiger partial charge in [0, 0.05) is 10.4 Å². The van der Waals surface area contributed by atoms with Crippen LogP contribution < -0.4 is 5.73 Å². The highest BCUT2D eigenvalue weighted by molar-refractivity contribution is 9.10. The second-order valence-electron chi connectivity index (χ2n) is 6.13. The molecule has 2 N–H and O–H groups in total. The third-order valence-corrected chi connectivity index (χ3v) is 5.43. The molecule has 1 aromatic rings. The quantitative estimate of drug-likeness (QED) is 0.791. The Labute approximate surface area is 149 Å². The Morgan fingerprint density at radius 1 is 1.12 bits per heavy atom. The van der Waals surface area contributed by atoms with Crippen molar-refractivity contribution in [2.24, 2.45) is 11.1 Å². The summed E-state index contributed by atoms with van der Waals surface area (Å²) in [6.45, 7) is 0. The van der Waals surface area contributed by atoms with Crippen LogP contribution in [-0.2, 0) is 0 Å². The van der Waals surface area contributed by atoms with E-state index in [2.05, 4.69) is 34.1 Å². The predicted octanol–water partition coefficient (Wildman–Crippen LogP) is 4.19. The van der Waals surface area contributed by atoms with Crippen LogP contribution in [0.2, 0.25) is 0 Å². The van der Waals surface area contributed by atoms with Crippen LogP contribution in [0.4, 0.5) is 0 Å². The summed E-state index contributed by atoms with van der Waals surface area (Å²) >= 11 is 3.46. The lowest BCUT2D eigenvalue weighted by atomic mass is 9.60. The maximum atomic E-state index is 9.89. The van der Waals surface area contributed by atoms with Crippen molar-refractivity contribution in [2.75, 3.05) is 0 Å². The lowest BCUT2D eigenvalue weighted by Crippen LogP contribution is -2.38. The standard InChI is InChI=1S/C19H15BrN4/c20-13-5-3-4-12(8-13)17-15-7-2-1-6-14(15)16(9-21)18(24)19(17,10-22)11-23/h3-5,8,17H,1-2,6-7,24H2/t17-/m1/s1. The number of hydrogen-bond acceptors (Lipinski definition) is 4. The fourth-order valence-electron chi connectivity index (χ4n) is 3.85. The van der Waals surface area contributed by atoms with Crippen LogP contribution in [0.5, 0.6) is 0 Å². The molecule has 0 aliphatic heterocycles. The minimum Gasteiger partial charge on any atom is -0.399 e. The van der Waals surface area contributed by atoms with E-state index in [0.717, 1.165) is 46.9 Å². The molecule has 4 nitrogen and oxygen atoms in total. The summed E-state index contributed by atoms with van der Waals surface area (Å²) in [6.07, 6.45) is 3.55. The number of hydrogen-bond donors (Lipinski definition) is 1. The van der Waals surface area contributed by atoms with Gasteiger partial charge in [-0.15, -0.1) is 0 Å². The zero-order valence-electron chi connectivity index (χ0n) is 13.0. The Hall–Kier alpha value is -2.55. The van der Waals surface area contributed by atoms with Gasteiger partial charge in [0.2, 0.25) is 0 Å². The van der Waals surface area contributed by atoms with Crippen LogP contribution in [0.25, 0.3) is 0 Å². The van der Waals surface area contributed by atoms with E-state index >= 15 is 0 Å². The third-order valence-electron chi connectivity index (χ3n) is 4.93. The van der Waals surface area contributed by atoms with Gasteiger partial charge in [0.1, 0.15) is 6.07 Å². The molecule has 0 aromatic heterocycles. The molecule has 1 atom stereocenters. The largest absolute Gasteiger partial charge is 0.399 e. The Morgan fingerprint density at radius 3 is 2.46 bits per heavy atom. The van der Waals surface area contributed by atoms with Gasteiger partial charge in [-0.1, -0.05) is 33.6 Å². The van der Waals surface area contributed by atoms with Crippen molar-refractivity contribution >= 4 is 15.9 Å². The zero-order chi connectivity index (χ0) is 17.3. The Bertz CT molecular complexity index is 875. The number of allylic oxidation sites excluding steroid dienone is 4. The number of nitrogens with zero attached hydrogens (tertiary/aromatic N) is 3. The average molecular weight is 379 g/mol. The molecular formula is C19H15BrN4. The third kappa shape index (κ3) is 2.23. The van der Waals surface area contributed by atoms with Crippen molar-refractivity contribution < 1.29 is 0 Å². The van der Waals surface area contributed by atoms with Crippen LogP contribution in [0.15, 0.2) is 51.2 Å². The van der Waals surface area contributed by atoms with E-state index in [1.165, 1.54) is 0 Å². The number of rotatable bonds is 1. The normalized spacial score (nSPS) is 22.2. The summed E-state index contributed by atoms with van der Waals surface area (Å²) in [6, 6.07) is 14.1. The Morgan fingerprint density at radius 2 is 1.83 bits per heavy atom. The van der Waals surface area contributed by atoms with Crippen molar-refractivity contribution in [1.82, 2.24) is 0 Å². The van der Waals surface area contributed by atoms with Gasteiger partial charge in [-0.25, -0.2) is 0 Å². The van der Waals surface area contributed by atoms with Crippen molar-refractivity contribution in [3.05, 3.63) is 56.7 Å². The highest BCUT2D eigenvalue weighted by Crippen LogP contribution is 2.54. The molecule has 0 bridgehead atoms. The summed E-state index contributed by atoms with van der Waals surface area (Å²) in [5, 5.41) is 29.3. The number of benzene rings is 1. The van der Waals surface area contributed by atoms with Crippen LogP contribution in [-0.4, -0.2) is 0 Å². The first kappa shape index (κ1) is 16.3. The summed E-state index contributed by atoms with van der Waals surface area (Å²) in [7, 11) is 0. The van der Waals surface area contributed by atoms with Crippen LogP contribution in [0.3, 0.4) is 0 Å². The molecule has 0 saturated heterocycles. The van der Waals surface area contributed by atoms with Crippen molar-refractivity contribution in [2.45, 2.75) is 31.6 Å². The van der Waals surface area contributed by atoms with Gasteiger partial charge in [-0.05, 0) is 49.0 Å². The highest BCUT2D eigenvalue weighted by Gasteiger charge is 2.50. The van der Waals surface area contributed by atoms with Crippen molar-refractivity contribution in [3.63, 3.8) is 0 Å². The minimum atomic E-state index is -1.54. The van der Waals surface area contributed by atoms with Crippen molar-refractivity contribution in [1.29, 1.82) is 15.8 Å². The minimum absolute atomic E-state index is 0.0978. The number of nitrogens with two attached hydrogens (primary N) is 1.